The molecule has 1 aromatic heterocycles. The largest absolute Gasteiger partial charge is 0.384 e. The van der Waals surface area contributed by atoms with E-state index in [-0.39, 0.29) is 0 Å². The maximum Gasteiger partial charge on any atom is 0.127 e. The van der Waals surface area contributed by atoms with Crippen molar-refractivity contribution in [1.82, 2.24) is 9.78 Å². The molecule has 3 rings (SSSR count). The highest BCUT2D eigenvalue weighted by atomic mass is 79.9. The molecule has 0 radical (unpaired) electrons. The summed E-state index contributed by atoms with van der Waals surface area (Å²) in [5, 5.41) is 5.20. The van der Waals surface area contributed by atoms with Crippen molar-refractivity contribution in [2.24, 2.45) is 0 Å². The molecule has 0 saturated heterocycles. The Hall–Kier alpha value is -1.78. The molecule has 3 aromatic rings. The van der Waals surface area contributed by atoms with Gasteiger partial charge in [0.05, 0.1) is 11.4 Å². The second kappa shape index (κ2) is 5.31. The summed E-state index contributed by atoms with van der Waals surface area (Å²) < 4.78 is 2.62. The van der Waals surface area contributed by atoms with E-state index in [4.69, 9.17) is 17.3 Å². The Morgan fingerprint density at radius 3 is 2.50 bits per heavy atom. The smallest absolute Gasteiger partial charge is 0.127 e. The zero-order valence-electron chi connectivity index (χ0n) is 10.4. The van der Waals surface area contributed by atoms with Crippen molar-refractivity contribution in [3.63, 3.8) is 0 Å². The molecule has 0 bridgehead atoms. The van der Waals surface area contributed by atoms with Gasteiger partial charge in [0, 0.05) is 21.1 Å². The van der Waals surface area contributed by atoms with Gasteiger partial charge in [0.25, 0.3) is 0 Å². The number of hydrogen-bond donors (Lipinski definition) is 1. The zero-order valence-corrected chi connectivity index (χ0v) is 12.8. The fraction of sp³-hybridized carbons (Fsp3) is 0. The molecule has 100 valence electrons. The molecule has 0 unspecified atom stereocenters. The first-order valence-corrected chi connectivity index (χ1v) is 7.18. The van der Waals surface area contributed by atoms with Gasteiger partial charge in [-0.05, 0) is 30.3 Å². The van der Waals surface area contributed by atoms with E-state index in [0.29, 0.717) is 10.8 Å². The van der Waals surface area contributed by atoms with Gasteiger partial charge in [-0.1, -0.05) is 45.7 Å². The molecular formula is C15H11BrClN3. The van der Waals surface area contributed by atoms with Crippen LogP contribution in [0.3, 0.4) is 0 Å². The van der Waals surface area contributed by atoms with E-state index < -0.39 is 0 Å². The number of nitrogens with zero attached hydrogens (tertiary/aromatic N) is 2. The maximum atomic E-state index is 6.07. The first kappa shape index (κ1) is 13.2. The minimum absolute atomic E-state index is 0.585. The van der Waals surface area contributed by atoms with Crippen molar-refractivity contribution >= 4 is 33.3 Å². The fourth-order valence-electron chi connectivity index (χ4n) is 2.01. The molecule has 1 heterocycles. The molecule has 0 aliphatic carbocycles. The lowest BCUT2D eigenvalue weighted by Crippen LogP contribution is -2.01. The molecule has 2 aromatic carbocycles. The number of nitrogen functional groups attached to an aromatic ring is 1. The average molecular weight is 349 g/mol. The summed E-state index contributed by atoms with van der Waals surface area (Å²) in [6, 6.07) is 17.3. The lowest BCUT2D eigenvalue weighted by atomic mass is 10.1. The van der Waals surface area contributed by atoms with Crippen LogP contribution in [0.2, 0.25) is 5.02 Å². The fourth-order valence-corrected chi connectivity index (χ4v) is 2.87. The highest BCUT2D eigenvalue weighted by Crippen LogP contribution is 2.28. The molecule has 3 nitrogen and oxygen atoms in total. The number of para-hydroxylation sites is 1. The zero-order chi connectivity index (χ0) is 14.1. The Kier molecular flexibility index (Phi) is 3.51. The van der Waals surface area contributed by atoms with Gasteiger partial charge in [-0.25, -0.2) is 4.68 Å². The van der Waals surface area contributed by atoms with Crippen LogP contribution in [-0.4, -0.2) is 9.78 Å². The summed E-state index contributed by atoms with van der Waals surface area (Å²) in [7, 11) is 0. The standard InChI is InChI=1S/C15H11BrClN3/c16-11-6-10(7-12(17)8-11)14-9-15(18)20(19-14)13-4-2-1-3-5-13/h1-9H,18H2. The average Bonchev–Trinajstić information content (AvgIpc) is 2.81. The molecular weight excluding hydrogens is 338 g/mol. The molecule has 0 spiro atoms. The molecule has 0 amide bonds. The van der Waals surface area contributed by atoms with E-state index in [0.717, 1.165) is 21.4 Å². The van der Waals surface area contributed by atoms with Crippen molar-refractivity contribution in [3.05, 3.63) is 64.1 Å². The van der Waals surface area contributed by atoms with Crippen LogP contribution in [-0.2, 0) is 0 Å². The summed E-state index contributed by atoms with van der Waals surface area (Å²) in [6.07, 6.45) is 0. The van der Waals surface area contributed by atoms with E-state index in [9.17, 15) is 0 Å². The van der Waals surface area contributed by atoms with Gasteiger partial charge in [-0.15, -0.1) is 0 Å². The molecule has 0 aliphatic heterocycles. The first-order chi connectivity index (χ1) is 9.63. The third-order valence-electron chi connectivity index (χ3n) is 2.90. The van der Waals surface area contributed by atoms with Crippen LogP contribution in [0.1, 0.15) is 0 Å². The summed E-state index contributed by atoms with van der Waals surface area (Å²) in [5.41, 5.74) is 8.68. The number of rotatable bonds is 2. The van der Waals surface area contributed by atoms with Gasteiger partial charge in [-0.2, -0.15) is 5.10 Å². The number of halogens is 2. The predicted molar refractivity (Wildman–Crippen MR) is 86.1 cm³/mol. The Labute approximate surface area is 130 Å². The van der Waals surface area contributed by atoms with Crippen LogP contribution in [0, 0.1) is 0 Å². The Morgan fingerprint density at radius 1 is 1.05 bits per heavy atom. The van der Waals surface area contributed by atoms with Crippen LogP contribution in [0.15, 0.2) is 59.1 Å². The third kappa shape index (κ3) is 2.57. The Bertz CT molecular complexity index is 733. The first-order valence-electron chi connectivity index (χ1n) is 6.01. The second-order valence-electron chi connectivity index (χ2n) is 4.36. The van der Waals surface area contributed by atoms with Crippen molar-refractivity contribution in [3.8, 4) is 16.9 Å². The number of hydrogen-bond acceptors (Lipinski definition) is 2. The SMILES string of the molecule is Nc1cc(-c2cc(Cl)cc(Br)c2)nn1-c1ccccc1. The normalized spacial score (nSPS) is 10.7. The second-order valence-corrected chi connectivity index (χ2v) is 5.71. The van der Waals surface area contributed by atoms with Crippen molar-refractivity contribution in [2.75, 3.05) is 5.73 Å². The molecule has 0 aliphatic rings. The number of nitrogens with two attached hydrogens (primary N) is 1. The van der Waals surface area contributed by atoms with E-state index in [1.807, 2.05) is 54.6 Å². The Balaban J connectivity index is 2.09. The highest BCUT2D eigenvalue weighted by Gasteiger charge is 2.09. The van der Waals surface area contributed by atoms with E-state index >= 15 is 0 Å². The lowest BCUT2D eigenvalue weighted by Gasteiger charge is -2.03. The van der Waals surface area contributed by atoms with Crippen molar-refractivity contribution in [1.29, 1.82) is 0 Å². The monoisotopic (exact) mass is 347 g/mol. The summed E-state index contributed by atoms with van der Waals surface area (Å²) in [6.45, 7) is 0. The minimum Gasteiger partial charge on any atom is -0.384 e. The van der Waals surface area contributed by atoms with Gasteiger partial charge in [-0.3, -0.25) is 0 Å². The van der Waals surface area contributed by atoms with E-state index in [2.05, 4.69) is 21.0 Å². The quantitative estimate of drug-likeness (QED) is 0.739. The van der Waals surface area contributed by atoms with Crippen LogP contribution in [0.5, 0.6) is 0 Å². The highest BCUT2D eigenvalue weighted by molar-refractivity contribution is 9.10. The molecule has 0 fully saturated rings. The van der Waals surface area contributed by atoms with E-state index in [1.54, 1.807) is 4.68 Å². The number of benzene rings is 2. The van der Waals surface area contributed by atoms with Gasteiger partial charge < -0.3 is 5.73 Å². The lowest BCUT2D eigenvalue weighted by molar-refractivity contribution is 0.895. The van der Waals surface area contributed by atoms with Gasteiger partial charge in [0.15, 0.2) is 0 Å². The van der Waals surface area contributed by atoms with Crippen LogP contribution >= 0.6 is 27.5 Å². The predicted octanol–water partition coefficient (Wildman–Crippen LogP) is 4.54. The third-order valence-corrected chi connectivity index (χ3v) is 3.57. The number of aromatic nitrogens is 2. The van der Waals surface area contributed by atoms with Gasteiger partial charge in [0.2, 0.25) is 0 Å². The van der Waals surface area contributed by atoms with Gasteiger partial charge in [0.1, 0.15) is 5.82 Å². The van der Waals surface area contributed by atoms with Crippen LogP contribution in [0.25, 0.3) is 16.9 Å². The van der Waals surface area contributed by atoms with Crippen molar-refractivity contribution in [2.45, 2.75) is 0 Å². The number of anilines is 1. The summed E-state index contributed by atoms with van der Waals surface area (Å²) in [5.74, 6) is 0.585. The molecule has 0 saturated carbocycles. The van der Waals surface area contributed by atoms with Crippen LogP contribution < -0.4 is 5.73 Å². The maximum absolute atomic E-state index is 6.07. The summed E-state index contributed by atoms with van der Waals surface area (Å²) >= 11 is 9.50. The van der Waals surface area contributed by atoms with Crippen molar-refractivity contribution < 1.29 is 0 Å². The molecule has 0 atom stereocenters. The van der Waals surface area contributed by atoms with Crippen LogP contribution in [0.4, 0.5) is 5.82 Å². The summed E-state index contributed by atoms with van der Waals surface area (Å²) in [4.78, 5) is 0. The molecule has 2 N–H and O–H groups in total. The molecule has 20 heavy (non-hydrogen) atoms. The minimum atomic E-state index is 0.585. The topological polar surface area (TPSA) is 43.8 Å². The molecule has 5 heteroatoms. The Morgan fingerprint density at radius 2 is 1.80 bits per heavy atom. The van der Waals surface area contributed by atoms with Gasteiger partial charge >= 0.3 is 0 Å². The van der Waals surface area contributed by atoms with E-state index in [1.165, 1.54) is 0 Å².